The third-order valence-corrected chi connectivity index (χ3v) is 4.20. The van der Waals surface area contributed by atoms with Gasteiger partial charge >= 0.3 is 6.09 Å². The maximum atomic E-state index is 11.7. The van der Waals surface area contributed by atoms with E-state index in [1.54, 1.807) is 6.21 Å². The van der Waals surface area contributed by atoms with Crippen molar-refractivity contribution < 1.29 is 9.53 Å². The SMILES string of the molecule is CN(C)CCc1c[nH]c2ccc(C=NNC(=O)OCc3ccccc3)cc12. The predicted molar refractivity (Wildman–Crippen MR) is 108 cm³/mol. The Morgan fingerprint density at radius 2 is 2.04 bits per heavy atom. The van der Waals surface area contributed by atoms with Crippen molar-refractivity contribution in [2.45, 2.75) is 13.0 Å². The van der Waals surface area contributed by atoms with Gasteiger partial charge in [0.05, 0.1) is 6.21 Å². The highest BCUT2D eigenvalue weighted by atomic mass is 16.5. The van der Waals surface area contributed by atoms with Crippen molar-refractivity contribution in [3.8, 4) is 0 Å². The van der Waals surface area contributed by atoms with Crippen molar-refractivity contribution in [1.82, 2.24) is 15.3 Å². The molecule has 6 heteroatoms. The number of carbonyl (C=O) groups is 1. The number of hydrogen-bond donors (Lipinski definition) is 2. The minimum Gasteiger partial charge on any atom is -0.443 e. The number of benzene rings is 2. The summed E-state index contributed by atoms with van der Waals surface area (Å²) >= 11 is 0. The Labute approximate surface area is 158 Å². The molecule has 0 aliphatic rings. The quantitative estimate of drug-likeness (QED) is 0.498. The van der Waals surface area contributed by atoms with Crippen LogP contribution in [-0.2, 0) is 17.8 Å². The van der Waals surface area contributed by atoms with E-state index in [0.29, 0.717) is 0 Å². The summed E-state index contributed by atoms with van der Waals surface area (Å²) in [7, 11) is 4.13. The number of hydrogen-bond acceptors (Lipinski definition) is 4. The van der Waals surface area contributed by atoms with Crippen molar-refractivity contribution in [3.63, 3.8) is 0 Å². The molecule has 0 aliphatic carbocycles. The number of aromatic amines is 1. The summed E-state index contributed by atoms with van der Waals surface area (Å²) in [5, 5.41) is 5.15. The maximum Gasteiger partial charge on any atom is 0.428 e. The first-order valence-electron chi connectivity index (χ1n) is 8.86. The summed E-state index contributed by atoms with van der Waals surface area (Å²) in [5.41, 5.74) is 6.60. The van der Waals surface area contributed by atoms with E-state index in [1.807, 2.05) is 48.7 Å². The first-order chi connectivity index (χ1) is 13.1. The number of fused-ring (bicyclic) bond motifs is 1. The maximum absolute atomic E-state index is 11.7. The van der Waals surface area contributed by atoms with Gasteiger partial charge in [-0.1, -0.05) is 36.4 Å². The van der Waals surface area contributed by atoms with Crippen LogP contribution in [0.25, 0.3) is 10.9 Å². The van der Waals surface area contributed by atoms with Gasteiger partial charge in [-0.3, -0.25) is 0 Å². The highest BCUT2D eigenvalue weighted by Gasteiger charge is 2.05. The van der Waals surface area contributed by atoms with Gasteiger partial charge < -0.3 is 14.6 Å². The van der Waals surface area contributed by atoms with Gasteiger partial charge in [-0.25, -0.2) is 10.2 Å². The van der Waals surface area contributed by atoms with Crippen LogP contribution in [0.4, 0.5) is 4.79 Å². The highest BCUT2D eigenvalue weighted by Crippen LogP contribution is 2.20. The highest BCUT2D eigenvalue weighted by molar-refractivity contribution is 5.91. The second-order valence-corrected chi connectivity index (χ2v) is 6.60. The van der Waals surface area contributed by atoms with E-state index in [4.69, 9.17) is 4.74 Å². The number of nitrogens with zero attached hydrogens (tertiary/aromatic N) is 2. The van der Waals surface area contributed by atoms with Gasteiger partial charge in [-0.05, 0) is 49.3 Å². The molecule has 1 aromatic heterocycles. The van der Waals surface area contributed by atoms with E-state index in [2.05, 4.69) is 40.6 Å². The number of ether oxygens (including phenoxy) is 1. The summed E-state index contributed by atoms with van der Waals surface area (Å²) in [5.74, 6) is 0. The molecule has 2 N–H and O–H groups in total. The zero-order valence-corrected chi connectivity index (χ0v) is 15.6. The summed E-state index contributed by atoms with van der Waals surface area (Å²) < 4.78 is 5.12. The molecule has 0 spiro atoms. The Morgan fingerprint density at radius 1 is 1.22 bits per heavy atom. The number of aromatic nitrogens is 1. The molecule has 0 atom stereocenters. The van der Waals surface area contributed by atoms with Crippen molar-refractivity contribution in [1.29, 1.82) is 0 Å². The average Bonchev–Trinajstić information content (AvgIpc) is 3.08. The number of H-pyrrole nitrogens is 1. The molecule has 27 heavy (non-hydrogen) atoms. The van der Waals surface area contributed by atoms with E-state index < -0.39 is 6.09 Å². The number of rotatable bonds is 7. The van der Waals surface area contributed by atoms with Crippen LogP contribution in [0.1, 0.15) is 16.7 Å². The zero-order chi connectivity index (χ0) is 19.1. The Kier molecular flexibility index (Phi) is 6.22. The van der Waals surface area contributed by atoms with Crippen LogP contribution in [0.3, 0.4) is 0 Å². The molecule has 1 amide bonds. The molecule has 0 unspecified atom stereocenters. The fourth-order valence-corrected chi connectivity index (χ4v) is 2.74. The zero-order valence-electron chi connectivity index (χ0n) is 15.6. The van der Waals surface area contributed by atoms with Gasteiger partial charge in [0.1, 0.15) is 6.61 Å². The van der Waals surface area contributed by atoms with Gasteiger partial charge in [-0.15, -0.1) is 0 Å². The second kappa shape index (κ2) is 9.00. The first kappa shape index (κ1) is 18.7. The predicted octanol–water partition coefficient (Wildman–Crippen LogP) is 3.53. The monoisotopic (exact) mass is 364 g/mol. The van der Waals surface area contributed by atoms with Crippen LogP contribution in [0.2, 0.25) is 0 Å². The van der Waals surface area contributed by atoms with Gasteiger partial charge in [0.15, 0.2) is 0 Å². The fraction of sp³-hybridized carbons (Fsp3) is 0.238. The molecule has 6 nitrogen and oxygen atoms in total. The number of amides is 1. The van der Waals surface area contributed by atoms with E-state index in [9.17, 15) is 4.79 Å². The lowest BCUT2D eigenvalue weighted by molar-refractivity contribution is 0.140. The second-order valence-electron chi connectivity index (χ2n) is 6.60. The van der Waals surface area contributed by atoms with E-state index in [-0.39, 0.29) is 6.61 Å². The minimum absolute atomic E-state index is 0.215. The molecule has 140 valence electrons. The van der Waals surface area contributed by atoms with Crippen LogP contribution < -0.4 is 5.43 Å². The summed E-state index contributed by atoms with van der Waals surface area (Å²) in [6.07, 6.45) is 4.06. The van der Waals surface area contributed by atoms with Crippen LogP contribution >= 0.6 is 0 Å². The van der Waals surface area contributed by atoms with Crippen LogP contribution in [0, 0.1) is 0 Å². The molecule has 0 fully saturated rings. The minimum atomic E-state index is -0.579. The molecule has 0 radical (unpaired) electrons. The summed E-state index contributed by atoms with van der Waals surface area (Å²) in [4.78, 5) is 17.2. The Hall–Kier alpha value is -3.12. The van der Waals surface area contributed by atoms with Gasteiger partial charge in [0, 0.05) is 23.6 Å². The molecule has 3 aromatic rings. The summed E-state index contributed by atoms with van der Waals surface area (Å²) in [6.45, 7) is 1.20. The molecule has 0 saturated heterocycles. The number of carbonyl (C=O) groups excluding carboxylic acids is 1. The largest absolute Gasteiger partial charge is 0.443 e. The average molecular weight is 364 g/mol. The van der Waals surface area contributed by atoms with Crippen molar-refractivity contribution in [2.75, 3.05) is 20.6 Å². The normalized spacial score (nSPS) is 11.4. The van der Waals surface area contributed by atoms with Crippen LogP contribution in [0.5, 0.6) is 0 Å². The number of likely N-dealkylation sites (N-methyl/N-ethyl adjacent to an activating group) is 1. The Bertz CT molecular complexity index is 916. The van der Waals surface area contributed by atoms with E-state index in [1.165, 1.54) is 10.9 Å². The van der Waals surface area contributed by atoms with E-state index in [0.717, 1.165) is 29.6 Å². The molecule has 0 bridgehead atoms. The van der Waals surface area contributed by atoms with Crippen molar-refractivity contribution in [2.24, 2.45) is 5.10 Å². The van der Waals surface area contributed by atoms with Crippen LogP contribution in [0.15, 0.2) is 59.8 Å². The Balaban J connectivity index is 1.57. The molecule has 0 aliphatic heterocycles. The smallest absolute Gasteiger partial charge is 0.428 e. The number of hydrazone groups is 1. The molecular formula is C21H24N4O2. The third kappa shape index (κ3) is 5.43. The molecule has 1 heterocycles. The van der Waals surface area contributed by atoms with Gasteiger partial charge in [0.25, 0.3) is 0 Å². The fourth-order valence-electron chi connectivity index (χ4n) is 2.74. The number of nitrogens with one attached hydrogen (secondary N) is 2. The van der Waals surface area contributed by atoms with Crippen molar-refractivity contribution >= 4 is 23.2 Å². The third-order valence-electron chi connectivity index (χ3n) is 4.20. The topological polar surface area (TPSA) is 69.7 Å². The van der Waals surface area contributed by atoms with Gasteiger partial charge in [-0.2, -0.15) is 5.10 Å². The molecule has 3 rings (SSSR count). The Morgan fingerprint density at radius 3 is 2.81 bits per heavy atom. The molecule has 2 aromatic carbocycles. The lowest BCUT2D eigenvalue weighted by atomic mass is 10.1. The van der Waals surface area contributed by atoms with Crippen molar-refractivity contribution in [3.05, 3.63) is 71.4 Å². The lowest BCUT2D eigenvalue weighted by Crippen LogP contribution is -2.18. The summed E-state index contributed by atoms with van der Waals surface area (Å²) in [6, 6.07) is 15.6. The lowest BCUT2D eigenvalue weighted by Gasteiger charge is -2.08. The van der Waals surface area contributed by atoms with Gasteiger partial charge in [0.2, 0.25) is 0 Å². The standard InChI is InChI=1S/C21H24N4O2/c1-25(2)11-10-18-14-22-20-9-8-17(12-19(18)20)13-23-24-21(26)27-15-16-6-4-3-5-7-16/h3-9,12-14,22H,10-11,15H2,1-2H3,(H,24,26). The molecular weight excluding hydrogens is 340 g/mol. The van der Waals surface area contributed by atoms with Crippen LogP contribution in [-0.4, -0.2) is 42.8 Å². The molecule has 0 saturated carbocycles. The first-order valence-corrected chi connectivity index (χ1v) is 8.86. The van der Waals surface area contributed by atoms with E-state index >= 15 is 0 Å².